The molecule has 3 heteroatoms. The molecular formula is C14H11NOS. The third-order valence-electron chi connectivity index (χ3n) is 2.24. The Morgan fingerprint density at radius 1 is 1.00 bits per heavy atom. The van der Waals surface area contributed by atoms with Crippen LogP contribution in [0.2, 0.25) is 0 Å². The minimum atomic E-state index is 0.638. The van der Waals surface area contributed by atoms with E-state index in [4.69, 9.17) is 10.00 Å². The Labute approximate surface area is 105 Å². The predicted molar refractivity (Wildman–Crippen MR) is 69.9 cm³/mol. The molecule has 17 heavy (non-hydrogen) atoms. The lowest BCUT2D eigenvalue weighted by Crippen LogP contribution is -1.89. The smallest absolute Gasteiger partial charge is 0.133 e. The lowest BCUT2D eigenvalue weighted by atomic mass is 10.2. The predicted octanol–water partition coefficient (Wildman–Crippen LogP) is 4.19. The van der Waals surface area contributed by atoms with Gasteiger partial charge in [-0.05, 0) is 30.0 Å². The van der Waals surface area contributed by atoms with Crippen molar-refractivity contribution in [2.24, 2.45) is 0 Å². The zero-order chi connectivity index (χ0) is 11.9. The summed E-state index contributed by atoms with van der Waals surface area (Å²) in [5, 5.41) is 10.6. The number of nitrogens with zero attached hydrogens (tertiary/aromatic N) is 1. The van der Waals surface area contributed by atoms with E-state index in [0.29, 0.717) is 5.75 Å². The van der Waals surface area contributed by atoms with Crippen molar-refractivity contribution >= 4 is 11.8 Å². The van der Waals surface area contributed by atoms with Crippen LogP contribution in [0.1, 0.15) is 5.56 Å². The van der Waals surface area contributed by atoms with E-state index in [9.17, 15) is 0 Å². The van der Waals surface area contributed by atoms with Crippen LogP contribution in [-0.4, -0.2) is 0 Å². The Morgan fingerprint density at radius 2 is 1.71 bits per heavy atom. The molecule has 0 atom stereocenters. The van der Waals surface area contributed by atoms with E-state index >= 15 is 0 Å². The Morgan fingerprint density at radius 3 is 2.47 bits per heavy atom. The van der Waals surface area contributed by atoms with Gasteiger partial charge in [-0.2, -0.15) is 5.26 Å². The molecular weight excluding hydrogens is 230 g/mol. The number of benzene rings is 2. The van der Waals surface area contributed by atoms with E-state index in [2.05, 4.69) is 5.40 Å². The summed E-state index contributed by atoms with van der Waals surface area (Å²) in [6, 6.07) is 17.4. The van der Waals surface area contributed by atoms with Gasteiger partial charge in [-0.25, -0.2) is 0 Å². The van der Waals surface area contributed by atoms with Gasteiger partial charge in [0, 0.05) is 11.3 Å². The molecule has 2 aromatic carbocycles. The van der Waals surface area contributed by atoms with Gasteiger partial charge in [0.05, 0.1) is 0 Å². The minimum absolute atomic E-state index is 0.638. The number of nitriles is 1. The van der Waals surface area contributed by atoms with Gasteiger partial charge in [-0.3, -0.25) is 0 Å². The first kappa shape index (κ1) is 11.6. The normalized spacial score (nSPS) is 9.59. The summed E-state index contributed by atoms with van der Waals surface area (Å²) in [5.74, 6) is 2.25. The van der Waals surface area contributed by atoms with E-state index in [-0.39, 0.29) is 0 Å². The van der Waals surface area contributed by atoms with Gasteiger partial charge in [-0.1, -0.05) is 36.4 Å². The van der Waals surface area contributed by atoms with Gasteiger partial charge in [0.25, 0.3) is 0 Å². The van der Waals surface area contributed by atoms with Gasteiger partial charge in [0.15, 0.2) is 0 Å². The van der Waals surface area contributed by atoms with Gasteiger partial charge in [0.1, 0.15) is 16.9 Å². The molecule has 0 aliphatic carbocycles. The van der Waals surface area contributed by atoms with Crippen molar-refractivity contribution in [3.8, 4) is 16.9 Å². The highest BCUT2D eigenvalue weighted by Crippen LogP contribution is 2.27. The Balaban J connectivity index is 2.18. The molecule has 0 N–H and O–H groups in total. The zero-order valence-electron chi connectivity index (χ0n) is 9.17. The summed E-state index contributed by atoms with van der Waals surface area (Å²) in [6.07, 6.45) is 0. The van der Waals surface area contributed by atoms with Crippen LogP contribution in [0.15, 0.2) is 54.6 Å². The first-order valence-corrected chi connectivity index (χ1v) is 6.20. The maximum absolute atomic E-state index is 8.58. The van der Waals surface area contributed by atoms with Crippen LogP contribution in [0, 0.1) is 10.7 Å². The van der Waals surface area contributed by atoms with E-state index in [1.54, 1.807) is 0 Å². The van der Waals surface area contributed by atoms with Crippen LogP contribution in [0.4, 0.5) is 0 Å². The third kappa shape index (κ3) is 3.27. The first-order chi connectivity index (χ1) is 8.40. The van der Waals surface area contributed by atoms with E-state index in [0.717, 1.165) is 17.1 Å². The maximum Gasteiger partial charge on any atom is 0.133 e. The molecule has 0 saturated carbocycles. The highest BCUT2D eigenvalue weighted by Gasteiger charge is 2.03. The second-order valence-corrected chi connectivity index (χ2v) is 4.16. The molecule has 0 heterocycles. The molecule has 0 unspecified atom stereocenters. The zero-order valence-corrected chi connectivity index (χ0v) is 9.98. The number of hydrogen-bond acceptors (Lipinski definition) is 3. The fourth-order valence-electron chi connectivity index (χ4n) is 1.45. The number of rotatable bonds is 4. The average molecular weight is 241 g/mol. The number of ether oxygens (including phenoxy) is 1. The van der Waals surface area contributed by atoms with Gasteiger partial charge >= 0.3 is 0 Å². The topological polar surface area (TPSA) is 33.0 Å². The second kappa shape index (κ2) is 5.97. The van der Waals surface area contributed by atoms with Crippen LogP contribution in [0.5, 0.6) is 11.5 Å². The molecule has 84 valence electrons. The molecule has 2 nitrogen and oxygen atoms in total. The molecule has 0 aliphatic rings. The number of thioether (sulfide) groups is 1. The Bertz CT molecular complexity index is 519. The standard InChI is InChI=1S/C14H11NOS/c15-11-17-10-12-6-4-5-9-14(12)16-13-7-2-1-3-8-13/h1-9H,10H2. The highest BCUT2D eigenvalue weighted by molar-refractivity contribution is 8.02. The average Bonchev–Trinajstić information content (AvgIpc) is 2.39. The third-order valence-corrected chi connectivity index (χ3v) is 2.82. The fraction of sp³-hybridized carbons (Fsp3) is 0.0714. The summed E-state index contributed by atoms with van der Waals surface area (Å²) in [4.78, 5) is 0. The van der Waals surface area contributed by atoms with Crippen LogP contribution in [0.25, 0.3) is 0 Å². The molecule has 0 amide bonds. The van der Waals surface area contributed by atoms with E-state index in [1.165, 1.54) is 11.8 Å². The number of para-hydroxylation sites is 2. The summed E-state index contributed by atoms with van der Waals surface area (Å²) in [6.45, 7) is 0. The van der Waals surface area contributed by atoms with Crippen LogP contribution >= 0.6 is 11.8 Å². The maximum atomic E-state index is 8.58. The Hall–Kier alpha value is -1.92. The lowest BCUT2D eigenvalue weighted by Gasteiger charge is -2.09. The fourth-order valence-corrected chi connectivity index (χ4v) is 1.91. The molecule has 2 aromatic rings. The first-order valence-electron chi connectivity index (χ1n) is 5.22. The highest BCUT2D eigenvalue weighted by atomic mass is 32.2. The largest absolute Gasteiger partial charge is 0.457 e. The van der Waals surface area contributed by atoms with Crippen molar-refractivity contribution in [3.63, 3.8) is 0 Å². The van der Waals surface area contributed by atoms with Gasteiger partial charge < -0.3 is 4.74 Å². The molecule has 0 bridgehead atoms. The van der Waals surface area contributed by atoms with E-state index in [1.807, 2.05) is 54.6 Å². The summed E-state index contributed by atoms with van der Waals surface area (Å²) < 4.78 is 5.78. The summed E-state index contributed by atoms with van der Waals surface area (Å²) in [7, 11) is 0. The van der Waals surface area contributed by atoms with Crippen LogP contribution in [-0.2, 0) is 5.75 Å². The van der Waals surface area contributed by atoms with Crippen molar-refractivity contribution < 1.29 is 4.74 Å². The number of hydrogen-bond donors (Lipinski definition) is 0. The second-order valence-electron chi connectivity index (χ2n) is 3.40. The SMILES string of the molecule is N#CSCc1ccccc1Oc1ccccc1. The molecule has 0 spiro atoms. The molecule has 0 saturated heterocycles. The molecule has 0 aromatic heterocycles. The van der Waals surface area contributed by atoms with E-state index < -0.39 is 0 Å². The van der Waals surface area contributed by atoms with Gasteiger partial charge in [-0.15, -0.1) is 0 Å². The van der Waals surface area contributed by atoms with Crippen molar-refractivity contribution in [3.05, 3.63) is 60.2 Å². The van der Waals surface area contributed by atoms with Crippen molar-refractivity contribution in [2.45, 2.75) is 5.75 Å². The number of thiocyanates is 1. The van der Waals surface area contributed by atoms with Crippen LogP contribution in [0.3, 0.4) is 0 Å². The summed E-state index contributed by atoms with van der Waals surface area (Å²) >= 11 is 1.21. The van der Waals surface area contributed by atoms with Crippen molar-refractivity contribution in [1.82, 2.24) is 0 Å². The molecule has 0 aliphatic heterocycles. The van der Waals surface area contributed by atoms with Crippen molar-refractivity contribution in [2.75, 3.05) is 0 Å². The molecule has 0 radical (unpaired) electrons. The van der Waals surface area contributed by atoms with Crippen LogP contribution < -0.4 is 4.74 Å². The summed E-state index contributed by atoms with van der Waals surface area (Å²) in [5.41, 5.74) is 1.03. The molecule has 0 fully saturated rings. The lowest BCUT2D eigenvalue weighted by molar-refractivity contribution is 0.478. The minimum Gasteiger partial charge on any atom is -0.457 e. The Kier molecular flexibility index (Phi) is 4.06. The van der Waals surface area contributed by atoms with Crippen molar-refractivity contribution in [1.29, 1.82) is 5.26 Å². The molecule has 2 rings (SSSR count). The quantitative estimate of drug-likeness (QED) is 0.752. The monoisotopic (exact) mass is 241 g/mol. The van der Waals surface area contributed by atoms with Gasteiger partial charge in [0.2, 0.25) is 0 Å².